The lowest BCUT2D eigenvalue weighted by molar-refractivity contribution is -0.0167. The Morgan fingerprint density at radius 2 is 1.51 bits per heavy atom. The van der Waals surface area contributed by atoms with E-state index in [0.717, 1.165) is 36.8 Å². The van der Waals surface area contributed by atoms with Crippen molar-refractivity contribution in [1.29, 1.82) is 0 Å². The Kier molecular flexibility index (Phi) is 11.1. The molecule has 1 saturated heterocycles. The molecule has 6 rings (SSSR count). The van der Waals surface area contributed by atoms with Crippen LogP contribution in [0.2, 0.25) is 0 Å². The van der Waals surface area contributed by atoms with Crippen molar-refractivity contribution in [3.63, 3.8) is 0 Å². The number of piperazine rings is 1. The number of H-pyrrole nitrogens is 1. The summed E-state index contributed by atoms with van der Waals surface area (Å²) in [5.41, 5.74) is 1.87. The number of carbonyl (C=O) groups excluding carboxylic acids is 3. The van der Waals surface area contributed by atoms with E-state index in [4.69, 9.17) is 9.47 Å². The third-order valence-electron chi connectivity index (χ3n) is 9.43. The van der Waals surface area contributed by atoms with Gasteiger partial charge in [-0.2, -0.15) is 0 Å². The maximum Gasteiger partial charge on any atom is 0.410 e. The van der Waals surface area contributed by atoms with Crippen LogP contribution in [0.4, 0.5) is 4.79 Å². The van der Waals surface area contributed by atoms with E-state index in [1.165, 1.54) is 0 Å². The van der Waals surface area contributed by atoms with E-state index in [-0.39, 0.29) is 61.5 Å². The zero-order valence-corrected chi connectivity index (χ0v) is 29.5. The molecule has 3 aromatic carbocycles. The molecule has 3 amide bonds. The van der Waals surface area contributed by atoms with Crippen LogP contribution in [0.1, 0.15) is 78.9 Å². The van der Waals surface area contributed by atoms with E-state index in [1.807, 2.05) is 66.7 Å². The summed E-state index contributed by atoms with van der Waals surface area (Å²) in [4.78, 5) is 61.2. The van der Waals surface area contributed by atoms with Gasteiger partial charge in [-0.1, -0.05) is 91.7 Å². The van der Waals surface area contributed by atoms with Crippen molar-refractivity contribution >= 4 is 17.9 Å². The fourth-order valence-electron chi connectivity index (χ4n) is 6.98. The Hall–Kier alpha value is -5.16. The monoisotopic (exact) mass is 693 g/mol. The Bertz CT molecular complexity index is 1850. The van der Waals surface area contributed by atoms with Crippen LogP contribution in [0.3, 0.4) is 0 Å². The highest BCUT2D eigenvalue weighted by atomic mass is 16.6. The third-order valence-corrected chi connectivity index (χ3v) is 9.43. The van der Waals surface area contributed by atoms with E-state index in [9.17, 15) is 19.2 Å². The lowest BCUT2D eigenvalue weighted by Crippen LogP contribution is -2.60. The second kappa shape index (κ2) is 15.8. The van der Waals surface area contributed by atoms with Gasteiger partial charge in [0.1, 0.15) is 11.3 Å². The summed E-state index contributed by atoms with van der Waals surface area (Å²) < 4.78 is 13.9. The minimum absolute atomic E-state index is 0.0857. The molecule has 3 atom stereocenters. The third kappa shape index (κ3) is 8.60. The molecule has 1 aliphatic heterocycles. The number of carbonyl (C=O) groups is 3. The quantitative estimate of drug-likeness (QED) is 0.220. The van der Waals surface area contributed by atoms with Crippen LogP contribution >= 0.6 is 0 Å². The highest BCUT2D eigenvalue weighted by molar-refractivity contribution is 5.99. The van der Waals surface area contributed by atoms with Crippen molar-refractivity contribution in [3.8, 4) is 11.3 Å². The Balaban J connectivity index is 1.32. The summed E-state index contributed by atoms with van der Waals surface area (Å²) >= 11 is 0. The molecule has 1 aromatic heterocycles. The fourth-order valence-corrected chi connectivity index (χ4v) is 6.98. The van der Waals surface area contributed by atoms with Gasteiger partial charge in [0.15, 0.2) is 0 Å². The molecule has 11 nitrogen and oxygen atoms in total. The summed E-state index contributed by atoms with van der Waals surface area (Å²) in [7, 11) is 0. The predicted octanol–water partition coefficient (Wildman–Crippen LogP) is 6.04. The minimum atomic E-state index is -0.699. The first-order chi connectivity index (χ1) is 24.6. The van der Waals surface area contributed by atoms with Crippen LogP contribution in [0, 0.1) is 0 Å². The molecule has 51 heavy (non-hydrogen) atoms. The maximum absolute atomic E-state index is 14.7. The van der Waals surface area contributed by atoms with Gasteiger partial charge in [0, 0.05) is 37.3 Å². The molecular weight excluding hydrogens is 646 g/mol. The van der Waals surface area contributed by atoms with Crippen molar-refractivity contribution in [3.05, 3.63) is 118 Å². The molecule has 2 heterocycles. The Morgan fingerprint density at radius 3 is 2.20 bits per heavy atom. The number of aromatic amines is 1. The number of hydrogen-bond donors (Lipinski definition) is 2. The van der Waals surface area contributed by atoms with E-state index in [0.29, 0.717) is 17.9 Å². The highest BCUT2D eigenvalue weighted by Crippen LogP contribution is 2.35. The van der Waals surface area contributed by atoms with E-state index >= 15 is 0 Å². The summed E-state index contributed by atoms with van der Waals surface area (Å²) in [6.45, 7) is 6.46. The first-order valence-electron chi connectivity index (χ1n) is 17.8. The minimum Gasteiger partial charge on any atom is -0.444 e. The largest absolute Gasteiger partial charge is 0.444 e. The molecular formula is C40H47N5O6. The van der Waals surface area contributed by atoms with Crippen LogP contribution in [-0.4, -0.2) is 81.2 Å². The van der Waals surface area contributed by atoms with E-state index < -0.39 is 17.7 Å². The summed E-state index contributed by atoms with van der Waals surface area (Å²) in [6, 6.07) is 27.4. The molecule has 0 unspecified atom stereocenters. The van der Waals surface area contributed by atoms with E-state index in [2.05, 4.69) is 10.3 Å². The van der Waals surface area contributed by atoms with Crippen molar-refractivity contribution in [2.24, 2.45) is 0 Å². The van der Waals surface area contributed by atoms with Gasteiger partial charge < -0.3 is 29.6 Å². The molecule has 0 bridgehead atoms. The number of nitrogens with one attached hydrogen (secondary N) is 2. The summed E-state index contributed by atoms with van der Waals surface area (Å²) in [5.74, 6) is -0.675. The van der Waals surface area contributed by atoms with Crippen molar-refractivity contribution < 1.29 is 23.9 Å². The molecule has 11 heteroatoms. The van der Waals surface area contributed by atoms with Gasteiger partial charge in [-0.05, 0) is 51.3 Å². The van der Waals surface area contributed by atoms with Crippen LogP contribution in [-0.2, 0) is 16.1 Å². The first kappa shape index (κ1) is 35.7. The van der Waals surface area contributed by atoms with Crippen molar-refractivity contribution in [2.45, 2.75) is 76.9 Å². The number of ether oxygens (including phenoxy) is 2. The molecule has 0 radical (unpaired) electrons. The van der Waals surface area contributed by atoms with Crippen molar-refractivity contribution in [1.82, 2.24) is 24.7 Å². The molecule has 1 aliphatic carbocycles. The zero-order valence-electron chi connectivity index (χ0n) is 29.5. The zero-order chi connectivity index (χ0) is 36.0. The number of rotatable bonds is 9. The van der Waals surface area contributed by atoms with Gasteiger partial charge in [-0.15, -0.1) is 0 Å². The number of imidazole rings is 1. The molecule has 2 fully saturated rings. The van der Waals surface area contributed by atoms with Gasteiger partial charge in [-0.25, -0.2) is 9.59 Å². The molecule has 268 valence electrons. The number of amides is 3. The normalized spacial score (nSPS) is 19.4. The average molecular weight is 694 g/mol. The lowest BCUT2D eigenvalue weighted by atomic mass is 9.91. The van der Waals surface area contributed by atoms with Gasteiger partial charge in [-0.3, -0.25) is 14.2 Å². The molecule has 2 aliphatic rings. The van der Waals surface area contributed by atoms with Gasteiger partial charge in [0.2, 0.25) is 0 Å². The highest BCUT2D eigenvalue weighted by Gasteiger charge is 2.39. The molecule has 4 aromatic rings. The molecule has 1 saturated carbocycles. The maximum atomic E-state index is 14.7. The second-order valence-electron chi connectivity index (χ2n) is 14.2. The fraction of sp³-hybridized carbons (Fsp3) is 0.400. The number of benzene rings is 3. The molecule has 0 spiro atoms. The lowest BCUT2D eigenvalue weighted by Gasteiger charge is -2.41. The average Bonchev–Trinajstić information content (AvgIpc) is 3.49. The first-order valence-corrected chi connectivity index (χ1v) is 17.8. The Morgan fingerprint density at radius 1 is 0.863 bits per heavy atom. The van der Waals surface area contributed by atoms with E-state index in [1.54, 1.807) is 59.4 Å². The standard InChI is InChI=1S/C40H47N5O6/c1-40(2,3)51-39(49)43-23-24-44(31(26-43)25-41-36(46)30-19-11-6-12-20-30)37(47)34-35(29-17-9-5-10-18-29)45(38(48)42-34)32-21-13-14-22-33(32)50-27-28-15-7-4-8-16-28/h4-12,15-20,31-33H,13-14,21-27H2,1-3H3,(H,41,46)(H,42,48)/t31-,32-,33-/m1/s1. The van der Waals surface area contributed by atoms with Gasteiger partial charge in [0.05, 0.1) is 30.5 Å². The van der Waals surface area contributed by atoms with Crippen molar-refractivity contribution in [2.75, 3.05) is 26.2 Å². The predicted molar refractivity (Wildman–Crippen MR) is 194 cm³/mol. The summed E-state index contributed by atoms with van der Waals surface area (Å²) in [5, 5.41) is 2.96. The van der Waals surface area contributed by atoms with Crippen LogP contribution in [0.15, 0.2) is 95.8 Å². The molecule has 2 N–H and O–H groups in total. The number of aromatic nitrogens is 2. The number of hydrogen-bond acceptors (Lipinski definition) is 6. The smallest absolute Gasteiger partial charge is 0.410 e. The van der Waals surface area contributed by atoms with Crippen LogP contribution < -0.4 is 11.0 Å². The number of nitrogens with zero attached hydrogens (tertiary/aromatic N) is 3. The SMILES string of the molecule is CC(C)(C)OC(=O)N1CCN(C(=O)c2[nH]c(=O)n([C@@H]3CCCC[C@H]3OCc3ccccc3)c2-c2ccccc2)[C@H](CNC(=O)c2ccccc2)C1. The second-order valence-corrected chi connectivity index (χ2v) is 14.2. The van der Waals surface area contributed by atoms with Gasteiger partial charge in [0.25, 0.3) is 11.8 Å². The topological polar surface area (TPSA) is 126 Å². The van der Waals surface area contributed by atoms with Gasteiger partial charge >= 0.3 is 11.8 Å². The van der Waals surface area contributed by atoms with Crippen LogP contribution in [0.25, 0.3) is 11.3 Å². The Labute approximate surface area is 298 Å². The summed E-state index contributed by atoms with van der Waals surface area (Å²) in [6.07, 6.45) is 2.73. The van der Waals surface area contributed by atoms with Crippen LogP contribution in [0.5, 0.6) is 0 Å².